The van der Waals surface area contributed by atoms with Gasteiger partial charge in [0.25, 0.3) is 0 Å². The zero-order valence-electron chi connectivity index (χ0n) is 11.7. The van der Waals surface area contributed by atoms with Gasteiger partial charge in [-0.2, -0.15) is 0 Å². The van der Waals surface area contributed by atoms with Gasteiger partial charge in [-0.05, 0) is 11.6 Å². The van der Waals surface area contributed by atoms with Gasteiger partial charge in [-0.1, -0.05) is 25.1 Å². The Hall–Kier alpha value is -1.44. The molecular formula is C13H20N2O4S. The first-order chi connectivity index (χ1) is 9.50. The van der Waals surface area contributed by atoms with Crippen LogP contribution in [0.15, 0.2) is 24.3 Å². The summed E-state index contributed by atoms with van der Waals surface area (Å²) >= 11 is 0. The molecule has 0 unspecified atom stereocenters. The third-order valence-electron chi connectivity index (χ3n) is 2.65. The van der Waals surface area contributed by atoms with Crippen LogP contribution < -0.4 is 10.0 Å². The molecule has 1 aromatic rings. The van der Waals surface area contributed by atoms with E-state index >= 15 is 0 Å². The third kappa shape index (κ3) is 5.28. The maximum atomic E-state index is 11.6. The summed E-state index contributed by atoms with van der Waals surface area (Å²) in [5.74, 6) is -0.399. The number of esters is 1. The summed E-state index contributed by atoms with van der Waals surface area (Å²) < 4.78 is 30.0. The van der Waals surface area contributed by atoms with Gasteiger partial charge in [-0.15, -0.1) is 0 Å². The van der Waals surface area contributed by atoms with Gasteiger partial charge < -0.3 is 10.1 Å². The van der Waals surface area contributed by atoms with Crippen molar-refractivity contribution in [1.82, 2.24) is 10.0 Å². The molecule has 2 N–H and O–H groups in total. The molecular weight excluding hydrogens is 280 g/mol. The number of hydrogen-bond acceptors (Lipinski definition) is 5. The van der Waals surface area contributed by atoms with Crippen LogP contribution in [0.25, 0.3) is 0 Å². The van der Waals surface area contributed by atoms with Gasteiger partial charge in [0.15, 0.2) is 0 Å². The number of carbonyl (C=O) groups excluding carboxylic acids is 1. The summed E-state index contributed by atoms with van der Waals surface area (Å²) in [6.07, 6.45) is 0. The Labute approximate surface area is 119 Å². The molecule has 0 aliphatic rings. The summed E-state index contributed by atoms with van der Waals surface area (Å²) in [4.78, 5) is 11.6. The Morgan fingerprint density at radius 2 is 2.00 bits per heavy atom. The van der Waals surface area contributed by atoms with Crippen LogP contribution in [-0.4, -0.2) is 40.3 Å². The normalized spacial score (nSPS) is 11.3. The van der Waals surface area contributed by atoms with E-state index in [-0.39, 0.29) is 5.75 Å². The van der Waals surface area contributed by atoms with Gasteiger partial charge in [0, 0.05) is 19.6 Å². The average molecular weight is 300 g/mol. The molecule has 0 spiro atoms. The second-order valence-electron chi connectivity index (χ2n) is 4.14. The molecule has 0 bridgehead atoms. The van der Waals surface area contributed by atoms with Gasteiger partial charge in [0.1, 0.15) is 0 Å². The highest BCUT2D eigenvalue weighted by atomic mass is 32.2. The Kier molecular flexibility index (Phi) is 6.63. The number of nitrogens with one attached hydrogen (secondary N) is 2. The Morgan fingerprint density at radius 1 is 1.30 bits per heavy atom. The number of hydrogen-bond donors (Lipinski definition) is 2. The number of rotatable bonds is 8. The summed E-state index contributed by atoms with van der Waals surface area (Å²) in [5, 5.41) is 3.01. The highest BCUT2D eigenvalue weighted by Gasteiger charge is 2.11. The van der Waals surface area contributed by atoms with Crippen LogP contribution in [0.3, 0.4) is 0 Å². The number of sulfonamides is 1. The summed E-state index contributed by atoms with van der Waals surface area (Å²) in [6, 6.07) is 7.06. The predicted molar refractivity (Wildman–Crippen MR) is 77.0 cm³/mol. The molecule has 20 heavy (non-hydrogen) atoms. The van der Waals surface area contributed by atoms with Gasteiger partial charge in [-0.25, -0.2) is 17.9 Å². The highest BCUT2D eigenvalue weighted by molar-refractivity contribution is 7.89. The van der Waals surface area contributed by atoms with Crippen molar-refractivity contribution in [3.8, 4) is 0 Å². The van der Waals surface area contributed by atoms with Crippen molar-refractivity contribution < 1.29 is 17.9 Å². The molecule has 0 saturated heterocycles. The quantitative estimate of drug-likeness (QED) is 0.539. The summed E-state index contributed by atoms with van der Waals surface area (Å²) in [7, 11) is -1.89. The van der Waals surface area contributed by atoms with E-state index in [1.54, 1.807) is 25.1 Å². The van der Waals surface area contributed by atoms with Crippen LogP contribution in [0.2, 0.25) is 0 Å². The molecule has 0 aliphatic heterocycles. The Morgan fingerprint density at radius 3 is 2.65 bits per heavy atom. The minimum Gasteiger partial charge on any atom is -0.465 e. The number of methoxy groups -OCH3 is 1. The van der Waals surface area contributed by atoms with E-state index in [4.69, 9.17) is 4.74 Å². The monoisotopic (exact) mass is 300 g/mol. The maximum absolute atomic E-state index is 11.6. The largest absolute Gasteiger partial charge is 0.465 e. The van der Waals surface area contributed by atoms with Crippen molar-refractivity contribution in [2.75, 3.05) is 26.0 Å². The van der Waals surface area contributed by atoms with E-state index in [0.717, 1.165) is 5.56 Å². The first-order valence-electron chi connectivity index (χ1n) is 6.34. The molecule has 6 nitrogen and oxygen atoms in total. The SMILES string of the molecule is CCNS(=O)(=O)CCNCc1ccccc1C(=O)OC. The second-order valence-corrected chi connectivity index (χ2v) is 6.07. The molecule has 0 amide bonds. The van der Waals surface area contributed by atoms with E-state index in [0.29, 0.717) is 25.2 Å². The summed E-state index contributed by atoms with van der Waals surface area (Å²) in [5.41, 5.74) is 1.26. The van der Waals surface area contributed by atoms with E-state index < -0.39 is 16.0 Å². The minimum absolute atomic E-state index is 0.00122. The van der Waals surface area contributed by atoms with E-state index in [1.807, 2.05) is 6.07 Å². The van der Waals surface area contributed by atoms with Gasteiger partial charge in [-0.3, -0.25) is 0 Å². The molecule has 1 aromatic carbocycles. The number of ether oxygens (including phenoxy) is 1. The lowest BCUT2D eigenvalue weighted by atomic mass is 10.1. The zero-order valence-corrected chi connectivity index (χ0v) is 12.5. The topological polar surface area (TPSA) is 84.5 Å². The fraction of sp³-hybridized carbons (Fsp3) is 0.462. The molecule has 0 aromatic heterocycles. The first-order valence-corrected chi connectivity index (χ1v) is 7.99. The molecule has 0 fully saturated rings. The van der Waals surface area contributed by atoms with Crippen LogP contribution in [0.5, 0.6) is 0 Å². The molecule has 112 valence electrons. The molecule has 0 atom stereocenters. The molecule has 0 heterocycles. The fourth-order valence-electron chi connectivity index (χ4n) is 1.71. The third-order valence-corrected chi connectivity index (χ3v) is 4.12. The van der Waals surface area contributed by atoms with Crippen molar-refractivity contribution in [2.24, 2.45) is 0 Å². The van der Waals surface area contributed by atoms with E-state index in [1.165, 1.54) is 7.11 Å². The van der Waals surface area contributed by atoms with Crippen LogP contribution in [0.4, 0.5) is 0 Å². The highest BCUT2D eigenvalue weighted by Crippen LogP contribution is 2.09. The molecule has 0 aliphatic carbocycles. The smallest absolute Gasteiger partial charge is 0.338 e. The average Bonchev–Trinajstić information content (AvgIpc) is 2.43. The van der Waals surface area contributed by atoms with Gasteiger partial charge in [0.05, 0.1) is 18.4 Å². The summed E-state index contributed by atoms with van der Waals surface area (Å²) in [6.45, 7) is 2.84. The minimum atomic E-state index is -3.22. The lowest BCUT2D eigenvalue weighted by Crippen LogP contribution is -2.31. The van der Waals surface area contributed by atoms with Gasteiger partial charge in [0.2, 0.25) is 10.0 Å². The fourth-order valence-corrected chi connectivity index (χ4v) is 2.70. The first kappa shape index (κ1) is 16.6. The van der Waals surface area contributed by atoms with Crippen LogP contribution >= 0.6 is 0 Å². The van der Waals surface area contributed by atoms with Crippen molar-refractivity contribution in [2.45, 2.75) is 13.5 Å². The Balaban J connectivity index is 2.53. The van der Waals surface area contributed by atoms with Crippen LogP contribution in [0.1, 0.15) is 22.8 Å². The Bertz CT molecular complexity index is 543. The van der Waals surface area contributed by atoms with Crippen molar-refractivity contribution in [3.05, 3.63) is 35.4 Å². The van der Waals surface area contributed by atoms with E-state index in [2.05, 4.69) is 10.0 Å². The molecule has 0 saturated carbocycles. The van der Waals surface area contributed by atoms with Crippen molar-refractivity contribution in [3.63, 3.8) is 0 Å². The van der Waals surface area contributed by atoms with Gasteiger partial charge >= 0.3 is 5.97 Å². The van der Waals surface area contributed by atoms with E-state index in [9.17, 15) is 13.2 Å². The molecule has 0 radical (unpaired) electrons. The standard InChI is InChI=1S/C13H20N2O4S/c1-3-15-20(17,18)9-8-14-10-11-6-4-5-7-12(11)13(16)19-2/h4-7,14-15H,3,8-10H2,1-2H3. The van der Waals surface area contributed by atoms with Crippen LogP contribution in [-0.2, 0) is 21.3 Å². The van der Waals surface area contributed by atoms with Crippen molar-refractivity contribution >= 4 is 16.0 Å². The number of carbonyl (C=O) groups is 1. The predicted octanol–water partition coefficient (Wildman–Crippen LogP) is 0.502. The molecule has 1 rings (SSSR count). The zero-order chi connectivity index (χ0) is 15.0. The molecule has 7 heteroatoms. The van der Waals surface area contributed by atoms with Crippen molar-refractivity contribution in [1.29, 1.82) is 0 Å². The number of benzene rings is 1. The lowest BCUT2D eigenvalue weighted by Gasteiger charge is -2.09. The van der Waals surface area contributed by atoms with Crippen LogP contribution in [0, 0.1) is 0 Å². The maximum Gasteiger partial charge on any atom is 0.338 e. The lowest BCUT2D eigenvalue weighted by molar-refractivity contribution is 0.0599. The second kappa shape index (κ2) is 7.98.